The molecule has 288 valence electrons. The van der Waals surface area contributed by atoms with Crippen molar-refractivity contribution in [2.45, 2.75) is 177 Å². The summed E-state index contributed by atoms with van der Waals surface area (Å²) in [4.78, 5) is 0. The summed E-state index contributed by atoms with van der Waals surface area (Å²) in [6.07, 6.45) is 34.4. The van der Waals surface area contributed by atoms with Crippen LogP contribution in [0.15, 0.2) is 18.2 Å². The van der Waals surface area contributed by atoms with E-state index in [2.05, 4.69) is 43.1 Å². The van der Waals surface area contributed by atoms with E-state index in [0.717, 1.165) is 117 Å². The van der Waals surface area contributed by atoms with Gasteiger partial charge in [-0.2, -0.15) is 0 Å². The molecule has 16 saturated carbocycles. The second kappa shape index (κ2) is 12.4. The molecule has 16 bridgehead atoms. The molecule has 0 spiro atoms. The second-order valence-corrected chi connectivity index (χ2v) is 35.0. The van der Waals surface area contributed by atoms with Gasteiger partial charge in [0, 0.05) is 0 Å². The Bertz CT molecular complexity index is 1410. The summed E-state index contributed by atoms with van der Waals surface area (Å²) < 4.78 is 0. The fraction of sp³-hybridized carbons (Fsp3) is 0.880. The van der Waals surface area contributed by atoms with Crippen LogP contribution >= 0.6 is 15.8 Å². The summed E-state index contributed by atoms with van der Waals surface area (Å²) in [5, 5.41) is 3.96. The van der Waals surface area contributed by atoms with Gasteiger partial charge in [0.15, 0.2) is 0 Å². The van der Waals surface area contributed by atoms with Crippen LogP contribution in [-0.2, 0) is 6.16 Å². The molecular formula is C50H74P2Si. The van der Waals surface area contributed by atoms with Crippen LogP contribution in [0, 0.1) is 94.7 Å². The van der Waals surface area contributed by atoms with Crippen LogP contribution in [0.5, 0.6) is 0 Å². The molecule has 0 nitrogen and oxygen atoms in total. The molecule has 0 aromatic heterocycles. The molecule has 0 radical (unpaired) electrons. The summed E-state index contributed by atoms with van der Waals surface area (Å²) in [6, 6.07) is 8.81. The van der Waals surface area contributed by atoms with E-state index in [1.54, 1.807) is 135 Å². The van der Waals surface area contributed by atoms with Crippen molar-refractivity contribution in [2.24, 2.45) is 94.7 Å². The summed E-state index contributed by atoms with van der Waals surface area (Å²) in [6.45, 7) is 8.07. The first-order chi connectivity index (χ1) is 25.7. The Morgan fingerprint density at radius 3 is 1.02 bits per heavy atom. The maximum Gasteiger partial charge on any atom is 0.0776 e. The first kappa shape index (κ1) is 34.2. The fourth-order valence-electron chi connectivity index (χ4n) is 20.1. The summed E-state index contributed by atoms with van der Waals surface area (Å²) in [5.41, 5.74) is 6.47. The van der Waals surface area contributed by atoms with Crippen molar-refractivity contribution in [1.29, 1.82) is 0 Å². The lowest BCUT2D eigenvalue weighted by atomic mass is 9.55. The van der Waals surface area contributed by atoms with Gasteiger partial charge in [-0.05, 0) is 263 Å². The van der Waals surface area contributed by atoms with Crippen molar-refractivity contribution < 1.29 is 0 Å². The molecule has 3 heteroatoms. The molecule has 16 fully saturated rings. The van der Waals surface area contributed by atoms with Gasteiger partial charge in [0.1, 0.15) is 0 Å². The highest BCUT2D eigenvalue weighted by molar-refractivity contribution is 7.67. The Balaban J connectivity index is 0.953. The van der Waals surface area contributed by atoms with Gasteiger partial charge in [-0.1, -0.05) is 58.9 Å². The normalized spacial score (nSPS) is 54.6. The Labute approximate surface area is 328 Å². The van der Waals surface area contributed by atoms with Crippen molar-refractivity contribution in [2.75, 3.05) is 0 Å². The molecule has 0 heterocycles. The van der Waals surface area contributed by atoms with Crippen molar-refractivity contribution in [1.82, 2.24) is 0 Å². The minimum absolute atomic E-state index is 0.0476. The fourth-order valence-corrected chi connectivity index (χ4v) is 30.7. The standard InChI is InChI=1S/C50H74P2Si/c1-53(2,3)45-5-4-36(27-51(47-37-10-28-6-29(12-37)13-38(47)11-28)48-39-14-30-7-31(16-39)17-40(48)15-30)46(26-45)52(49-41-18-32-8-33(20-41)21-42(49)19-32)50-43-22-34-9-35(24-43)25-44(50)23-34/h4-5,26,28-35,37-44,47-50H,6-25,27H2,1-3H3. The van der Waals surface area contributed by atoms with Crippen LogP contribution in [-0.4, -0.2) is 30.7 Å². The van der Waals surface area contributed by atoms with E-state index in [4.69, 9.17) is 0 Å². The molecule has 0 unspecified atom stereocenters. The van der Waals surface area contributed by atoms with Crippen LogP contribution in [0.25, 0.3) is 0 Å². The quantitative estimate of drug-likeness (QED) is 0.183. The van der Waals surface area contributed by atoms with Crippen LogP contribution in [0.1, 0.15) is 134 Å². The smallest absolute Gasteiger partial charge is 0.0776 e. The number of hydrogen-bond acceptors (Lipinski definition) is 0. The summed E-state index contributed by atoms with van der Waals surface area (Å²) >= 11 is 0. The van der Waals surface area contributed by atoms with Gasteiger partial charge in [-0.25, -0.2) is 0 Å². The average Bonchev–Trinajstić information content (AvgIpc) is 3.08. The Morgan fingerprint density at radius 1 is 0.415 bits per heavy atom. The SMILES string of the molecule is C[Si](C)(C)c1ccc(CP(C2C3CC4CC(C3)CC2C4)C2C3CC4CC(C3)CC2C4)c(P(C2C3CC4CC(C3)CC2C4)C2C3CC4CC(C3)CC2C4)c1. The highest BCUT2D eigenvalue weighted by atomic mass is 31.1. The second-order valence-electron chi connectivity index (χ2n) is 24.9. The van der Waals surface area contributed by atoms with Gasteiger partial charge in [0.2, 0.25) is 0 Å². The third-order valence-corrected chi connectivity index (χ3v) is 30.6. The van der Waals surface area contributed by atoms with E-state index in [-0.39, 0.29) is 15.8 Å². The molecule has 16 aliphatic rings. The Hall–Kier alpha value is 0.297. The van der Waals surface area contributed by atoms with E-state index in [1.165, 1.54) is 0 Å². The molecular weight excluding hydrogens is 691 g/mol. The summed E-state index contributed by atoms with van der Waals surface area (Å²) in [7, 11) is -1.48. The Kier molecular flexibility index (Phi) is 8.01. The molecule has 0 saturated heterocycles. The highest BCUT2D eigenvalue weighted by Crippen LogP contribution is 2.74. The van der Waals surface area contributed by atoms with Gasteiger partial charge in [-0.3, -0.25) is 0 Å². The van der Waals surface area contributed by atoms with Crippen molar-refractivity contribution in [3.63, 3.8) is 0 Å². The zero-order valence-electron chi connectivity index (χ0n) is 34.0. The molecule has 53 heavy (non-hydrogen) atoms. The van der Waals surface area contributed by atoms with Crippen LogP contribution in [0.2, 0.25) is 19.6 Å². The highest BCUT2D eigenvalue weighted by Gasteiger charge is 2.60. The zero-order valence-corrected chi connectivity index (χ0v) is 36.8. The van der Waals surface area contributed by atoms with Crippen LogP contribution in [0.3, 0.4) is 0 Å². The summed E-state index contributed by atoms with van der Waals surface area (Å²) in [5.74, 6) is 17.8. The number of rotatable bonds is 8. The van der Waals surface area contributed by atoms with Gasteiger partial charge < -0.3 is 0 Å². The Morgan fingerprint density at radius 2 is 0.717 bits per heavy atom. The minimum Gasteiger partial charge on any atom is -0.0947 e. The van der Waals surface area contributed by atoms with Gasteiger partial charge in [0.25, 0.3) is 0 Å². The van der Waals surface area contributed by atoms with Crippen molar-refractivity contribution in [3.8, 4) is 0 Å². The molecule has 17 rings (SSSR count). The maximum absolute atomic E-state index is 3.09. The molecule has 0 amide bonds. The van der Waals surface area contributed by atoms with E-state index in [9.17, 15) is 0 Å². The lowest BCUT2D eigenvalue weighted by Crippen LogP contribution is -2.54. The van der Waals surface area contributed by atoms with Crippen LogP contribution in [0.4, 0.5) is 0 Å². The van der Waals surface area contributed by atoms with Gasteiger partial charge in [-0.15, -0.1) is 0 Å². The number of hydrogen-bond donors (Lipinski definition) is 0. The van der Waals surface area contributed by atoms with E-state index >= 15 is 0 Å². The maximum atomic E-state index is 3.09. The predicted octanol–water partition coefficient (Wildman–Crippen LogP) is 12.6. The molecule has 1 aromatic carbocycles. The molecule has 1 aromatic rings. The zero-order chi connectivity index (χ0) is 34.9. The predicted molar refractivity (Wildman–Crippen MR) is 230 cm³/mol. The molecule has 16 aliphatic carbocycles. The van der Waals surface area contributed by atoms with E-state index < -0.39 is 8.07 Å². The number of benzene rings is 1. The molecule has 0 atom stereocenters. The van der Waals surface area contributed by atoms with Crippen molar-refractivity contribution in [3.05, 3.63) is 23.8 Å². The van der Waals surface area contributed by atoms with Crippen LogP contribution < -0.4 is 10.5 Å². The first-order valence-corrected chi connectivity index (χ1v) is 31.1. The van der Waals surface area contributed by atoms with Gasteiger partial charge >= 0.3 is 0 Å². The van der Waals surface area contributed by atoms with E-state index in [0.29, 0.717) is 0 Å². The van der Waals surface area contributed by atoms with E-state index in [1.807, 2.05) is 10.8 Å². The monoisotopic (exact) mass is 765 g/mol. The molecule has 0 N–H and O–H groups in total. The lowest BCUT2D eigenvalue weighted by molar-refractivity contribution is 0.0129. The minimum atomic E-state index is -1.43. The third-order valence-electron chi connectivity index (χ3n) is 20.7. The molecule has 0 aliphatic heterocycles. The van der Waals surface area contributed by atoms with Gasteiger partial charge in [0.05, 0.1) is 8.07 Å². The lowest BCUT2D eigenvalue weighted by Gasteiger charge is -2.63. The first-order valence-electron chi connectivity index (χ1n) is 24.4. The average molecular weight is 765 g/mol. The van der Waals surface area contributed by atoms with Crippen molar-refractivity contribution >= 4 is 34.4 Å². The third kappa shape index (κ3) is 5.49. The largest absolute Gasteiger partial charge is 0.0947 e. The topological polar surface area (TPSA) is 0 Å².